The molecule has 3 rings (SSSR count). The Balaban J connectivity index is 1.87. The van der Waals surface area contributed by atoms with Gasteiger partial charge in [0.25, 0.3) is 5.91 Å². The number of morpholine rings is 1. The third-order valence-electron chi connectivity index (χ3n) is 4.14. The predicted octanol–water partition coefficient (Wildman–Crippen LogP) is 0.273. The van der Waals surface area contributed by atoms with Crippen LogP contribution in [-0.2, 0) is 14.3 Å². The number of rotatable bonds is 3. The van der Waals surface area contributed by atoms with Gasteiger partial charge in [-0.3, -0.25) is 14.5 Å². The van der Waals surface area contributed by atoms with E-state index in [4.69, 9.17) is 15.2 Å². The van der Waals surface area contributed by atoms with E-state index in [-0.39, 0.29) is 30.1 Å². The Morgan fingerprint density at radius 2 is 2.08 bits per heavy atom. The summed E-state index contributed by atoms with van der Waals surface area (Å²) in [7, 11) is 0. The molecule has 1 aromatic heterocycles. The van der Waals surface area contributed by atoms with Crippen LogP contribution in [0, 0.1) is 5.92 Å². The van der Waals surface area contributed by atoms with Crippen LogP contribution in [0.3, 0.4) is 0 Å². The first-order chi connectivity index (χ1) is 11.5. The fraction of sp³-hybridized carbons (Fsp3) is 0.562. The molecule has 2 N–H and O–H groups in total. The van der Waals surface area contributed by atoms with E-state index in [1.807, 2.05) is 13.8 Å². The van der Waals surface area contributed by atoms with Crippen molar-refractivity contribution in [1.82, 2.24) is 9.88 Å². The quantitative estimate of drug-likeness (QED) is 0.852. The van der Waals surface area contributed by atoms with E-state index in [9.17, 15) is 9.59 Å². The van der Waals surface area contributed by atoms with E-state index in [0.29, 0.717) is 37.9 Å². The summed E-state index contributed by atoms with van der Waals surface area (Å²) >= 11 is 0. The summed E-state index contributed by atoms with van der Waals surface area (Å²) in [6.07, 6.45) is -0.639. The van der Waals surface area contributed by atoms with Gasteiger partial charge >= 0.3 is 0 Å². The van der Waals surface area contributed by atoms with Crippen LogP contribution >= 0.6 is 0 Å². The Morgan fingerprint density at radius 3 is 2.75 bits per heavy atom. The van der Waals surface area contributed by atoms with Crippen LogP contribution in [-0.4, -0.2) is 60.7 Å². The summed E-state index contributed by atoms with van der Waals surface area (Å²) in [6, 6.07) is 3.31. The lowest BCUT2D eigenvalue weighted by atomic mass is 10.0. The number of carbonyl (C=O) groups excluding carboxylic acids is 2. The molecule has 1 atom stereocenters. The molecular formula is C16H22N4O4. The molecule has 2 aliphatic heterocycles. The zero-order valence-corrected chi connectivity index (χ0v) is 13.9. The van der Waals surface area contributed by atoms with E-state index in [1.54, 1.807) is 17.0 Å². The standard InChI is InChI=1S/C16H22N4O4/c1-10(2)14-16(22)20(9-13(21)19-5-7-23-8-6-19)15-11(24-14)3-4-12(17)18-15/h3-4,10,14H,5-9H2,1-2H3,(H2,17,18). The zero-order valence-electron chi connectivity index (χ0n) is 13.9. The summed E-state index contributed by atoms with van der Waals surface area (Å²) in [5.41, 5.74) is 5.74. The molecule has 0 saturated carbocycles. The number of carbonyl (C=O) groups is 2. The Bertz CT molecular complexity index is 643. The average molecular weight is 334 g/mol. The number of nitrogens with zero attached hydrogens (tertiary/aromatic N) is 3. The summed E-state index contributed by atoms with van der Waals surface area (Å²) in [5.74, 6) is 0.625. The second-order valence-electron chi connectivity index (χ2n) is 6.26. The van der Waals surface area contributed by atoms with Crippen LogP contribution in [0.5, 0.6) is 5.75 Å². The average Bonchev–Trinajstić information content (AvgIpc) is 2.57. The molecule has 8 nitrogen and oxygen atoms in total. The van der Waals surface area contributed by atoms with E-state index in [1.165, 1.54) is 4.90 Å². The molecule has 0 aromatic carbocycles. The number of hydrogen-bond acceptors (Lipinski definition) is 6. The van der Waals surface area contributed by atoms with Gasteiger partial charge in [-0.05, 0) is 18.1 Å². The summed E-state index contributed by atoms with van der Waals surface area (Å²) in [6.45, 7) is 5.82. The molecule has 8 heteroatoms. The maximum atomic E-state index is 12.8. The monoisotopic (exact) mass is 334 g/mol. The molecular weight excluding hydrogens is 312 g/mol. The van der Waals surface area contributed by atoms with Gasteiger partial charge in [-0.25, -0.2) is 4.98 Å². The molecule has 1 saturated heterocycles. The topological polar surface area (TPSA) is 98.0 Å². The fourth-order valence-electron chi connectivity index (χ4n) is 2.80. The lowest BCUT2D eigenvalue weighted by molar-refractivity contribution is -0.136. The van der Waals surface area contributed by atoms with Gasteiger partial charge in [-0.2, -0.15) is 0 Å². The first-order valence-corrected chi connectivity index (χ1v) is 8.07. The number of aromatic nitrogens is 1. The Hall–Kier alpha value is -2.35. The minimum atomic E-state index is -0.639. The Morgan fingerprint density at radius 1 is 1.38 bits per heavy atom. The van der Waals surface area contributed by atoms with Crippen molar-refractivity contribution in [2.45, 2.75) is 20.0 Å². The van der Waals surface area contributed by atoms with Gasteiger partial charge in [0.15, 0.2) is 17.7 Å². The van der Waals surface area contributed by atoms with Crippen molar-refractivity contribution in [3.63, 3.8) is 0 Å². The van der Waals surface area contributed by atoms with Gasteiger partial charge in [-0.1, -0.05) is 13.8 Å². The fourth-order valence-corrected chi connectivity index (χ4v) is 2.80. The van der Waals surface area contributed by atoms with Gasteiger partial charge < -0.3 is 20.1 Å². The second kappa shape index (κ2) is 6.64. The molecule has 3 heterocycles. The van der Waals surface area contributed by atoms with Gasteiger partial charge in [0.2, 0.25) is 5.91 Å². The molecule has 130 valence electrons. The number of fused-ring (bicyclic) bond motifs is 1. The van der Waals surface area contributed by atoms with Crippen LogP contribution in [0.2, 0.25) is 0 Å². The highest BCUT2D eigenvalue weighted by Crippen LogP contribution is 2.34. The van der Waals surface area contributed by atoms with Crippen molar-refractivity contribution in [2.75, 3.05) is 43.5 Å². The SMILES string of the molecule is CC(C)C1Oc2ccc(N)nc2N(CC(=O)N2CCOCC2)C1=O. The first kappa shape index (κ1) is 16.5. The molecule has 1 unspecified atom stereocenters. The first-order valence-electron chi connectivity index (χ1n) is 8.07. The molecule has 2 amide bonds. The van der Waals surface area contributed by atoms with Crippen molar-refractivity contribution in [3.05, 3.63) is 12.1 Å². The van der Waals surface area contributed by atoms with Gasteiger partial charge in [-0.15, -0.1) is 0 Å². The maximum Gasteiger partial charge on any atom is 0.270 e. The van der Waals surface area contributed by atoms with Crippen molar-refractivity contribution in [3.8, 4) is 5.75 Å². The minimum absolute atomic E-state index is 0.0239. The Labute approximate surface area is 140 Å². The van der Waals surface area contributed by atoms with E-state index < -0.39 is 6.10 Å². The lowest BCUT2D eigenvalue weighted by Crippen LogP contribution is -2.53. The third-order valence-corrected chi connectivity index (χ3v) is 4.14. The van der Waals surface area contributed by atoms with Crippen LogP contribution in [0.25, 0.3) is 0 Å². The summed E-state index contributed by atoms with van der Waals surface area (Å²) in [5, 5.41) is 0. The molecule has 0 spiro atoms. The summed E-state index contributed by atoms with van der Waals surface area (Å²) in [4.78, 5) is 32.6. The third kappa shape index (κ3) is 3.14. The molecule has 1 fully saturated rings. The highest BCUT2D eigenvalue weighted by molar-refractivity contribution is 6.03. The number of anilines is 2. The summed E-state index contributed by atoms with van der Waals surface area (Å²) < 4.78 is 11.0. The molecule has 1 aromatic rings. The van der Waals surface area contributed by atoms with E-state index in [2.05, 4.69) is 4.98 Å². The maximum absolute atomic E-state index is 12.8. The highest BCUT2D eigenvalue weighted by Gasteiger charge is 2.39. The van der Waals surface area contributed by atoms with Crippen LogP contribution in [0.15, 0.2) is 12.1 Å². The van der Waals surface area contributed by atoms with Crippen molar-refractivity contribution in [1.29, 1.82) is 0 Å². The highest BCUT2D eigenvalue weighted by atomic mass is 16.5. The number of ether oxygens (including phenoxy) is 2. The van der Waals surface area contributed by atoms with Crippen LogP contribution in [0.4, 0.5) is 11.6 Å². The minimum Gasteiger partial charge on any atom is -0.476 e. The van der Waals surface area contributed by atoms with Gasteiger partial charge in [0, 0.05) is 13.1 Å². The van der Waals surface area contributed by atoms with Crippen LogP contribution < -0.4 is 15.4 Å². The van der Waals surface area contributed by atoms with Crippen molar-refractivity contribution < 1.29 is 19.1 Å². The lowest BCUT2D eigenvalue weighted by Gasteiger charge is -2.36. The Kier molecular flexibility index (Phi) is 4.57. The second-order valence-corrected chi connectivity index (χ2v) is 6.26. The number of hydrogen-bond donors (Lipinski definition) is 1. The smallest absolute Gasteiger partial charge is 0.270 e. The molecule has 2 aliphatic rings. The predicted molar refractivity (Wildman–Crippen MR) is 87.7 cm³/mol. The largest absolute Gasteiger partial charge is 0.476 e. The molecule has 0 bridgehead atoms. The number of nitrogen functional groups attached to an aromatic ring is 1. The van der Waals surface area contributed by atoms with E-state index in [0.717, 1.165) is 0 Å². The number of nitrogens with two attached hydrogens (primary N) is 1. The number of amides is 2. The van der Waals surface area contributed by atoms with Crippen molar-refractivity contribution in [2.24, 2.45) is 5.92 Å². The van der Waals surface area contributed by atoms with Crippen LogP contribution in [0.1, 0.15) is 13.8 Å². The van der Waals surface area contributed by atoms with Crippen molar-refractivity contribution >= 4 is 23.5 Å². The normalized spacial score (nSPS) is 20.8. The van der Waals surface area contributed by atoms with E-state index >= 15 is 0 Å². The molecule has 0 radical (unpaired) electrons. The number of pyridine rings is 1. The zero-order chi connectivity index (χ0) is 17.3. The molecule has 24 heavy (non-hydrogen) atoms. The molecule has 0 aliphatic carbocycles. The van der Waals surface area contributed by atoms with Gasteiger partial charge in [0.1, 0.15) is 12.4 Å². The van der Waals surface area contributed by atoms with Gasteiger partial charge in [0.05, 0.1) is 13.2 Å².